The number of aromatic nitrogens is 4. The standard InChI is InChI=1S/C25H26N6O/c1-31-16-21(15-29-31)18-5-6-19-14-28-23(13-20(19)12-18)24(22-4-2-3-9-27-22)30-25(32)17-7-10-26-11-8-17/h2-6,9,12-17,24,26H,7-8,10-11H2,1H3,(H,30,32). The molecule has 7 heteroatoms. The summed E-state index contributed by atoms with van der Waals surface area (Å²) >= 11 is 0. The normalized spacial score (nSPS) is 15.5. The summed E-state index contributed by atoms with van der Waals surface area (Å²) in [6, 6.07) is 13.7. The smallest absolute Gasteiger partial charge is 0.224 e. The Morgan fingerprint density at radius 3 is 2.66 bits per heavy atom. The van der Waals surface area contributed by atoms with Crippen molar-refractivity contribution in [3.63, 3.8) is 0 Å². The van der Waals surface area contributed by atoms with E-state index in [2.05, 4.69) is 45.0 Å². The highest BCUT2D eigenvalue weighted by atomic mass is 16.2. The van der Waals surface area contributed by atoms with Crippen molar-refractivity contribution in [2.75, 3.05) is 13.1 Å². The first-order valence-electron chi connectivity index (χ1n) is 11.0. The number of amides is 1. The molecule has 1 aromatic carbocycles. The predicted octanol–water partition coefficient (Wildman–Crippen LogP) is 3.24. The highest BCUT2D eigenvalue weighted by Gasteiger charge is 2.26. The molecule has 1 fully saturated rings. The Balaban J connectivity index is 1.51. The topological polar surface area (TPSA) is 84.7 Å². The second-order valence-corrected chi connectivity index (χ2v) is 8.29. The van der Waals surface area contributed by atoms with Gasteiger partial charge in [-0.15, -0.1) is 0 Å². The van der Waals surface area contributed by atoms with E-state index in [1.165, 1.54) is 0 Å². The van der Waals surface area contributed by atoms with Gasteiger partial charge in [0.25, 0.3) is 0 Å². The molecular weight excluding hydrogens is 400 g/mol. The molecular formula is C25H26N6O. The van der Waals surface area contributed by atoms with Crippen LogP contribution in [0.1, 0.15) is 30.3 Å². The minimum Gasteiger partial charge on any atom is -0.342 e. The van der Waals surface area contributed by atoms with Crippen LogP contribution in [0, 0.1) is 5.92 Å². The number of carbonyl (C=O) groups is 1. The molecule has 4 heterocycles. The maximum Gasteiger partial charge on any atom is 0.224 e. The van der Waals surface area contributed by atoms with Gasteiger partial charge < -0.3 is 10.6 Å². The molecule has 1 amide bonds. The number of piperidine rings is 1. The lowest BCUT2D eigenvalue weighted by Gasteiger charge is -2.25. The van der Waals surface area contributed by atoms with E-state index in [9.17, 15) is 4.79 Å². The quantitative estimate of drug-likeness (QED) is 0.512. The maximum absolute atomic E-state index is 13.1. The molecule has 0 spiro atoms. The molecule has 0 saturated carbocycles. The zero-order valence-corrected chi connectivity index (χ0v) is 18.0. The molecule has 1 unspecified atom stereocenters. The van der Waals surface area contributed by atoms with Gasteiger partial charge in [-0.1, -0.05) is 18.2 Å². The van der Waals surface area contributed by atoms with Crippen LogP contribution in [-0.2, 0) is 11.8 Å². The lowest BCUT2D eigenvalue weighted by molar-refractivity contribution is -0.126. The van der Waals surface area contributed by atoms with E-state index in [0.717, 1.165) is 59.2 Å². The van der Waals surface area contributed by atoms with Crippen molar-refractivity contribution >= 4 is 16.7 Å². The van der Waals surface area contributed by atoms with E-state index < -0.39 is 6.04 Å². The van der Waals surface area contributed by atoms with Gasteiger partial charge in [-0.3, -0.25) is 19.4 Å². The molecule has 4 aromatic rings. The summed E-state index contributed by atoms with van der Waals surface area (Å²) < 4.78 is 1.80. The summed E-state index contributed by atoms with van der Waals surface area (Å²) in [7, 11) is 1.91. The van der Waals surface area contributed by atoms with E-state index in [-0.39, 0.29) is 11.8 Å². The highest BCUT2D eigenvalue weighted by Crippen LogP contribution is 2.27. The molecule has 1 aliphatic rings. The molecule has 0 radical (unpaired) electrons. The minimum atomic E-state index is -0.398. The van der Waals surface area contributed by atoms with Crippen LogP contribution < -0.4 is 10.6 Å². The van der Waals surface area contributed by atoms with Crippen LogP contribution in [-0.4, -0.2) is 38.7 Å². The van der Waals surface area contributed by atoms with Crippen molar-refractivity contribution in [1.82, 2.24) is 30.4 Å². The Kier molecular flexibility index (Phi) is 5.64. The van der Waals surface area contributed by atoms with Crippen molar-refractivity contribution < 1.29 is 4.79 Å². The number of carbonyl (C=O) groups excluding carboxylic acids is 1. The van der Waals surface area contributed by atoms with Gasteiger partial charge in [-0.25, -0.2) is 0 Å². The van der Waals surface area contributed by atoms with E-state index in [0.29, 0.717) is 0 Å². The molecule has 7 nitrogen and oxygen atoms in total. The molecule has 0 aliphatic carbocycles. The molecule has 5 rings (SSSR count). The average Bonchev–Trinajstić information content (AvgIpc) is 3.29. The number of hydrogen-bond acceptors (Lipinski definition) is 5. The van der Waals surface area contributed by atoms with E-state index in [1.54, 1.807) is 10.9 Å². The summed E-state index contributed by atoms with van der Waals surface area (Å²) in [5.74, 6) is 0.0771. The largest absolute Gasteiger partial charge is 0.342 e. The van der Waals surface area contributed by atoms with Gasteiger partial charge in [0.05, 0.1) is 17.6 Å². The van der Waals surface area contributed by atoms with Crippen LogP contribution >= 0.6 is 0 Å². The van der Waals surface area contributed by atoms with Gasteiger partial charge in [-0.05, 0) is 61.1 Å². The summed E-state index contributed by atoms with van der Waals surface area (Å²) in [6.07, 6.45) is 9.17. The van der Waals surface area contributed by atoms with Gasteiger partial charge in [0.1, 0.15) is 6.04 Å². The average molecular weight is 427 g/mol. The number of fused-ring (bicyclic) bond motifs is 1. The Bertz CT molecular complexity index is 1230. The fraction of sp³-hybridized carbons (Fsp3) is 0.280. The summed E-state index contributed by atoms with van der Waals surface area (Å²) in [4.78, 5) is 22.3. The minimum absolute atomic E-state index is 0.0140. The Labute approximate surface area is 186 Å². The number of benzene rings is 1. The first kappa shape index (κ1) is 20.3. The Morgan fingerprint density at radius 2 is 1.91 bits per heavy atom. The van der Waals surface area contributed by atoms with Crippen molar-refractivity contribution in [3.05, 3.63) is 78.6 Å². The van der Waals surface area contributed by atoms with E-state index in [1.807, 2.05) is 43.8 Å². The van der Waals surface area contributed by atoms with Crippen LogP contribution in [0.4, 0.5) is 0 Å². The molecule has 1 saturated heterocycles. The summed E-state index contributed by atoms with van der Waals surface area (Å²) in [5, 5.41) is 12.9. The SMILES string of the molecule is Cn1cc(-c2ccc3cnc(C(NC(=O)C4CCNCC4)c4ccccn4)cc3c2)cn1. The molecule has 32 heavy (non-hydrogen) atoms. The van der Waals surface area contributed by atoms with Crippen molar-refractivity contribution in [1.29, 1.82) is 0 Å². The molecule has 0 bridgehead atoms. The van der Waals surface area contributed by atoms with Crippen molar-refractivity contribution in [2.24, 2.45) is 13.0 Å². The highest BCUT2D eigenvalue weighted by molar-refractivity contribution is 5.87. The first-order valence-corrected chi connectivity index (χ1v) is 11.0. The Hall–Kier alpha value is -3.58. The maximum atomic E-state index is 13.1. The van der Waals surface area contributed by atoms with Crippen LogP contribution in [0.3, 0.4) is 0 Å². The summed E-state index contributed by atoms with van der Waals surface area (Å²) in [6.45, 7) is 1.75. The third-order valence-electron chi connectivity index (χ3n) is 6.06. The second kappa shape index (κ2) is 8.88. The van der Waals surface area contributed by atoms with E-state index >= 15 is 0 Å². The lowest BCUT2D eigenvalue weighted by Crippen LogP contribution is -2.40. The molecule has 162 valence electrons. The number of aryl methyl sites for hydroxylation is 1. The number of nitrogens with one attached hydrogen (secondary N) is 2. The molecule has 2 N–H and O–H groups in total. The van der Waals surface area contributed by atoms with Gasteiger partial charge in [0.15, 0.2) is 0 Å². The van der Waals surface area contributed by atoms with Gasteiger partial charge in [0, 0.05) is 42.5 Å². The number of pyridine rings is 2. The third-order valence-corrected chi connectivity index (χ3v) is 6.06. The monoisotopic (exact) mass is 426 g/mol. The van der Waals surface area contributed by atoms with Crippen LogP contribution in [0.5, 0.6) is 0 Å². The summed E-state index contributed by atoms with van der Waals surface area (Å²) in [5.41, 5.74) is 3.72. The van der Waals surface area contributed by atoms with E-state index in [4.69, 9.17) is 4.98 Å². The van der Waals surface area contributed by atoms with Gasteiger partial charge in [-0.2, -0.15) is 5.10 Å². The fourth-order valence-electron chi connectivity index (χ4n) is 4.26. The van der Waals surface area contributed by atoms with Crippen molar-refractivity contribution in [3.8, 4) is 11.1 Å². The molecule has 1 atom stereocenters. The Morgan fingerprint density at radius 1 is 1.03 bits per heavy atom. The predicted molar refractivity (Wildman–Crippen MR) is 124 cm³/mol. The van der Waals surface area contributed by atoms with Crippen LogP contribution in [0.15, 0.2) is 67.3 Å². The molecule has 1 aliphatic heterocycles. The second-order valence-electron chi connectivity index (χ2n) is 8.29. The fourth-order valence-corrected chi connectivity index (χ4v) is 4.26. The third kappa shape index (κ3) is 4.24. The van der Waals surface area contributed by atoms with Crippen molar-refractivity contribution in [2.45, 2.75) is 18.9 Å². The van der Waals surface area contributed by atoms with Gasteiger partial charge >= 0.3 is 0 Å². The zero-order chi connectivity index (χ0) is 21.9. The number of rotatable bonds is 5. The molecule has 3 aromatic heterocycles. The number of nitrogens with zero attached hydrogens (tertiary/aromatic N) is 4. The van der Waals surface area contributed by atoms with Crippen LogP contribution in [0.25, 0.3) is 21.9 Å². The first-order chi connectivity index (χ1) is 15.7. The van der Waals surface area contributed by atoms with Gasteiger partial charge in [0.2, 0.25) is 5.91 Å². The number of hydrogen-bond donors (Lipinski definition) is 2. The lowest BCUT2D eigenvalue weighted by atomic mass is 9.96. The van der Waals surface area contributed by atoms with Crippen LogP contribution in [0.2, 0.25) is 0 Å². The zero-order valence-electron chi connectivity index (χ0n) is 18.0.